The molecule has 260 valence electrons. The molecule has 0 N–H and O–H groups in total. The highest BCUT2D eigenvalue weighted by molar-refractivity contribution is 9.10. The lowest BCUT2D eigenvalue weighted by Crippen LogP contribution is -2.00. The monoisotopic (exact) mass is 773 g/mol. The maximum Gasteiger partial charge on any atom is 0.197 e. The summed E-state index contributed by atoms with van der Waals surface area (Å²) in [6.07, 6.45) is 7.98. The Kier molecular flexibility index (Phi) is 7.85. The molecule has 0 radical (unpaired) electrons. The summed E-state index contributed by atoms with van der Waals surface area (Å²) in [6, 6.07) is 44.8. The lowest BCUT2D eigenvalue weighted by Gasteiger charge is -2.09. The molecule has 5 heterocycles. The molecule has 3 aliphatic carbocycles. The van der Waals surface area contributed by atoms with Gasteiger partial charge in [-0.05, 0) is 93.1 Å². The van der Waals surface area contributed by atoms with Crippen molar-refractivity contribution in [1.29, 1.82) is 0 Å². The lowest BCUT2D eigenvalue weighted by molar-refractivity contribution is 0.103. The minimum atomic E-state index is -0.0109. The molecule has 0 fully saturated rings. The van der Waals surface area contributed by atoms with Gasteiger partial charge < -0.3 is 4.57 Å². The first-order chi connectivity index (χ1) is 27.0. The second kappa shape index (κ2) is 13.2. The highest BCUT2D eigenvalue weighted by Crippen LogP contribution is 2.38. The number of halogens is 1. The zero-order chi connectivity index (χ0) is 37.0. The molecular weight excluding hydrogens is 746 g/mol. The van der Waals surface area contributed by atoms with Gasteiger partial charge in [-0.15, -0.1) is 0 Å². The van der Waals surface area contributed by atoms with Crippen molar-refractivity contribution < 1.29 is 9.59 Å². The Morgan fingerprint density at radius 2 is 0.909 bits per heavy atom. The van der Waals surface area contributed by atoms with E-state index in [1.165, 1.54) is 33.0 Å². The predicted octanol–water partition coefficient (Wildman–Crippen LogP) is 10.5. The van der Waals surface area contributed by atoms with Gasteiger partial charge in [-0.2, -0.15) is 0 Å². The van der Waals surface area contributed by atoms with Gasteiger partial charge in [-0.3, -0.25) is 29.5 Å². The molecule has 0 atom stereocenters. The Labute approximate surface area is 324 Å². The van der Waals surface area contributed by atoms with Crippen molar-refractivity contribution in [2.45, 2.75) is 6.42 Å². The van der Waals surface area contributed by atoms with Gasteiger partial charge in [0.05, 0.1) is 45.2 Å². The quantitative estimate of drug-likeness (QED) is 0.165. The van der Waals surface area contributed by atoms with E-state index in [1.54, 1.807) is 42.9 Å². The third-order valence-electron chi connectivity index (χ3n) is 10.3. The van der Waals surface area contributed by atoms with Crippen molar-refractivity contribution in [1.82, 2.24) is 24.5 Å². The van der Waals surface area contributed by atoms with Crippen molar-refractivity contribution in [3.8, 4) is 39.6 Å². The first-order valence-electron chi connectivity index (χ1n) is 17.9. The summed E-state index contributed by atoms with van der Waals surface area (Å²) in [5.74, 6) is -0.00915. The van der Waals surface area contributed by atoms with Crippen LogP contribution < -0.4 is 0 Å². The molecule has 0 amide bonds. The number of hydrogen-bond donors (Lipinski definition) is 0. The maximum absolute atomic E-state index is 12.8. The molecule has 55 heavy (non-hydrogen) atoms. The number of para-hydroxylation sites is 2. The van der Waals surface area contributed by atoms with Gasteiger partial charge in [0.1, 0.15) is 22.8 Å². The van der Waals surface area contributed by atoms with Crippen LogP contribution in [0.5, 0.6) is 0 Å². The average Bonchev–Trinajstić information content (AvgIpc) is 3.95. The summed E-state index contributed by atoms with van der Waals surface area (Å²) in [7, 11) is 0. The summed E-state index contributed by atoms with van der Waals surface area (Å²) >= 11 is 3.30. The van der Waals surface area contributed by atoms with Crippen LogP contribution in [0.1, 0.15) is 43.0 Å². The second-order valence-corrected chi connectivity index (χ2v) is 14.4. The number of pyridine rings is 4. The first-order valence-corrected chi connectivity index (χ1v) is 18.6. The zero-order valence-electron chi connectivity index (χ0n) is 29.1. The van der Waals surface area contributed by atoms with Gasteiger partial charge in [0.15, 0.2) is 11.6 Å². The summed E-state index contributed by atoms with van der Waals surface area (Å²) < 4.78 is 2.98. The van der Waals surface area contributed by atoms with E-state index in [-0.39, 0.29) is 11.6 Å². The molecule has 0 saturated carbocycles. The first kappa shape index (κ1) is 32.7. The number of hydrogen-bond acceptors (Lipinski definition) is 6. The van der Waals surface area contributed by atoms with E-state index in [9.17, 15) is 9.59 Å². The Balaban J connectivity index is 0.000000112. The number of carbonyl (C=O) groups excluding carboxylic acids is 2. The molecule has 0 saturated heterocycles. The van der Waals surface area contributed by atoms with Crippen molar-refractivity contribution >= 4 is 49.3 Å². The van der Waals surface area contributed by atoms with Crippen molar-refractivity contribution in [2.24, 2.45) is 0 Å². The number of carbonyl (C=O) groups is 2. The molecule has 0 spiro atoms. The molecule has 0 bridgehead atoms. The molecule has 3 aliphatic rings. The molecule has 8 heteroatoms. The fourth-order valence-electron chi connectivity index (χ4n) is 7.86. The van der Waals surface area contributed by atoms with Crippen LogP contribution in [0.3, 0.4) is 0 Å². The summed E-state index contributed by atoms with van der Waals surface area (Å²) in [4.78, 5) is 42.2. The number of benzene rings is 4. The van der Waals surface area contributed by atoms with Crippen molar-refractivity contribution in [3.05, 3.63) is 196 Å². The minimum Gasteiger partial charge on any atom is -0.308 e. The van der Waals surface area contributed by atoms with E-state index in [1.807, 2.05) is 42.6 Å². The maximum atomic E-state index is 12.8. The number of ketones is 2. The molecular formula is C47H28BrN5O2. The largest absolute Gasteiger partial charge is 0.308 e. The summed E-state index contributed by atoms with van der Waals surface area (Å²) in [5, 5.41) is 2.37. The fraction of sp³-hybridized carbons (Fsp3) is 0.0213. The van der Waals surface area contributed by atoms with Crippen LogP contribution in [0.4, 0.5) is 0 Å². The van der Waals surface area contributed by atoms with Crippen LogP contribution in [-0.4, -0.2) is 36.1 Å². The number of rotatable bonds is 1. The Morgan fingerprint density at radius 1 is 0.455 bits per heavy atom. The van der Waals surface area contributed by atoms with Gasteiger partial charge in [0, 0.05) is 33.8 Å². The van der Waals surface area contributed by atoms with Crippen LogP contribution >= 0.6 is 15.9 Å². The Hall–Kier alpha value is -6.90. The molecule has 0 aliphatic heterocycles. The summed E-state index contributed by atoms with van der Waals surface area (Å²) in [5.41, 5.74) is 14.0. The topological polar surface area (TPSA) is 90.6 Å². The fourth-order valence-corrected chi connectivity index (χ4v) is 8.20. The number of nitrogens with zero attached hydrogens (tertiary/aromatic N) is 5. The number of aromatic nitrogens is 5. The SMILES string of the molecule is O=C1c2cccnc2-c2ncc(-n3c4ccccc4c4ccccc43)cc21.O=C1c2cccnc2-c2ncc(Br)cc21.c1ccc2c(c1)Cc1ccccc1-2. The normalized spacial score (nSPS) is 12.5. The van der Waals surface area contributed by atoms with Gasteiger partial charge in [0.25, 0.3) is 0 Å². The van der Waals surface area contributed by atoms with Crippen molar-refractivity contribution in [2.75, 3.05) is 0 Å². The van der Waals surface area contributed by atoms with Gasteiger partial charge in [-0.25, -0.2) is 0 Å². The minimum absolute atomic E-state index is 0.00176. The second-order valence-electron chi connectivity index (χ2n) is 13.5. The van der Waals surface area contributed by atoms with Gasteiger partial charge in [0.2, 0.25) is 0 Å². The van der Waals surface area contributed by atoms with E-state index in [0.717, 1.165) is 27.6 Å². The molecule has 0 unspecified atom stereocenters. The van der Waals surface area contributed by atoms with Crippen molar-refractivity contribution in [3.63, 3.8) is 0 Å². The van der Waals surface area contributed by atoms with Crippen LogP contribution in [-0.2, 0) is 6.42 Å². The van der Waals surface area contributed by atoms with Gasteiger partial charge in [-0.1, -0.05) is 84.9 Å². The molecule has 9 aromatic rings. The Bertz CT molecular complexity index is 2940. The molecule has 5 aromatic heterocycles. The highest BCUT2D eigenvalue weighted by atomic mass is 79.9. The van der Waals surface area contributed by atoms with Crippen LogP contribution in [0.2, 0.25) is 0 Å². The van der Waals surface area contributed by atoms with E-state index in [2.05, 4.69) is 113 Å². The third-order valence-corrected chi connectivity index (χ3v) is 10.7. The van der Waals surface area contributed by atoms with E-state index >= 15 is 0 Å². The Morgan fingerprint density at radius 3 is 1.49 bits per heavy atom. The smallest absolute Gasteiger partial charge is 0.197 e. The standard InChI is InChI=1S/C23H13N3O.C13H10.C11H5BrN2O/c27-23-17-8-5-11-24-21(17)22-18(23)12-14(13-25-22)26-19-9-3-1-6-15(19)16-7-2-4-10-20(16)26;1-3-7-12-10(5-1)9-11-6-2-4-8-13(11)12;12-6-4-8-10(14-5-6)9-7(11(8)15)2-1-3-13-9/h1-13H;1-8H,9H2;1-5H. The van der Waals surface area contributed by atoms with E-state index in [4.69, 9.17) is 0 Å². The molecule has 12 rings (SSSR count). The lowest BCUT2D eigenvalue weighted by atomic mass is 10.1. The third kappa shape index (κ3) is 5.41. The highest BCUT2D eigenvalue weighted by Gasteiger charge is 2.30. The zero-order valence-corrected chi connectivity index (χ0v) is 30.7. The van der Waals surface area contributed by atoms with Crippen LogP contribution in [0, 0.1) is 0 Å². The van der Waals surface area contributed by atoms with E-state index in [0.29, 0.717) is 45.0 Å². The average molecular weight is 775 g/mol. The van der Waals surface area contributed by atoms with Crippen LogP contribution in [0.25, 0.3) is 61.4 Å². The predicted molar refractivity (Wildman–Crippen MR) is 219 cm³/mol. The summed E-state index contributed by atoms with van der Waals surface area (Å²) in [6.45, 7) is 0. The van der Waals surface area contributed by atoms with Crippen LogP contribution in [0.15, 0.2) is 163 Å². The number of fused-ring (bicyclic) bond motifs is 12. The van der Waals surface area contributed by atoms with Gasteiger partial charge >= 0.3 is 0 Å². The van der Waals surface area contributed by atoms with E-state index < -0.39 is 0 Å². The molecule has 4 aromatic carbocycles. The molecule has 7 nitrogen and oxygen atoms in total.